The maximum absolute atomic E-state index is 13.1. The first kappa shape index (κ1) is 23.9. The number of aromatic nitrogens is 3. The molecule has 1 unspecified atom stereocenters. The Morgan fingerprint density at radius 3 is 2.42 bits per heavy atom. The van der Waals surface area contributed by atoms with Crippen LogP contribution < -0.4 is 4.72 Å². The van der Waals surface area contributed by atoms with E-state index in [0.29, 0.717) is 22.4 Å². The van der Waals surface area contributed by atoms with Crippen molar-refractivity contribution in [1.82, 2.24) is 19.5 Å². The van der Waals surface area contributed by atoms with Gasteiger partial charge in [0.05, 0.1) is 27.8 Å². The first-order chi connectivity index (χ1) is 15.5. The van der Waals surface area contributed by atoms with Crippen molar-refractivity contribution >= 4 is 16.0 Å². The predicted molar refractivity (Wildman–Crippen MR) is 122 cm³/mol. The molecule has 1 atom stereocenters. The molecule has 33 heavy (non-hydrogen) atoms. The Morgan fingerprint density at radius 1 is 1.24 bits per heavy atom. The van der Waals surface area contributed by atoms with Gasteiger partial charge in [-0.25, -0.2) is 18.7 Å². The summed E-state index contributed by atoms with van der Waals surface area (Å²) < 4.78 is 25.8. The molecular weight excluding hydrogens is 444 g/mol. The number of pyridine rings is 1. The summed E-state index contributed by atoms with van der Waals surface area (Å²) in [6.07, 6.45) is 0.332. The zero-order chi connectivity index (χ0) is 24.4. The topological polar surface area (TPSA) is 142 Å². The molecule has 0 saturated heterocycles. The van der Waals surface area contributed by atoms with Gasteiger partial charge in [-0.3, -0.25) is 0 Å². The Hall–Kier alpha value is -3.75. The molecule has 2 aromatic heterocycles. The molecule has 0 aliphatic heterocycles. The van der Waals surface area contributed by atoms with Gasteiger partial charge in [-0.1, -0.05) is 12.1 Å². The lowest BCUT2D eigenvalue weighted by molar-refractivity contribution is 0.0607. The number of aromatic hydroxyl groups is 1. The number of hydrogen-bond acceptors (Lipinski definition) is 7. The van der Waals surface area contributed by atoms with Gasteiger partial charge < -0.3 is 9.84 Å². The van der Waals surface area contributed by atoms with E-state index in [1.54, 1.807) is 52.0 Å². The van der Waals surface area contributed by atoms with Gasteiger partial charge in [0.1, 0.15) is 15.5 Å². The molecule has 0 fully saturated rings. The van der Waals surface area contributed by atoms with Gasteiger partial charge in [0.2, 0.25) is 5.88 Å². The molecule has 10 nitrogen and oxygen atoms in total. The van der Waals surface area contributed by atoms with E-state index in [2.05, 4.69) is 25.2 Å². The zero-order valence-corrected chi connectivity index (χ0v) is 19.7. The Bertz CT molecular complexity index is 1340. The predicted octanol–water partition coefficient (Wildman–Crippen LogP) is 3.72. The Labute approximate surface area is 192 Å². The zero-order valence-electron chi connectivity index (χ0n) is 18.9. The summed E-state index contributed by atoms with van der Waals surface area (Å²) in [6, 6.07) is 11.8. The Balaban J connectivity index is 1.97. The van der Waals surface area contributed by atoms with Gasteiger partial charge >= 0.3 is 6.09 Å². The van der Waals surface area contributed by atoms with E-state index in [9.17, 15) is 14.1 Å². The van der Waals surface area contributed by atoms with Crippen molar-refractivity contribution in [2.24, 2.45) is 4.36 Å². The second kappa shape index (κ2) is 9.01. The molecule has 0 spiro atoms. The van der Waals surface area contributed by atoms with Gasteiger partial charge in [-0.15, -0.1) is 4.36 Å². The quantitative estimate of drug-likeness (QED) is 0.594. The number of amides is 1. The lowest BCUT2D eigenvalue weighted by Gasteiger charge is -2.18. The molecule has 1 amide bonds. The van der Waals surface area contributed by atoms with Crippen LogP contribution in [-0.2, 0) is 14.7 Å². The summed E-state index contributed by atoms with van der Waals surface area (Å²) in [5.74, 6) is 0.139. The number of carbonyl (C=O) groups excluding carboxylic acids is 1. The third kappa shape index (κ3) is 5.19. The van der Waals surface area contributed by atoms with Gasteiger partial charge in [0, 0.05) is 6.20 Å². The van der Waals surface area contributed by atoms with Crippen molar-refractivity contribution in [1.29, 1.82) is 5.26 Å². The highest BCUT2D eigenvalue weighted by atomic mass is 32.2. The standard InChI is InChI=1S/C22H24N6O4S/c1-14-19(16-8-6-15(12-23)7-9-16)20(29)28(26-14)18-11-10-17(13-25-18)33(31,24-5)27-21(30)32-22(2,3)4/h6-11,13,29H,1-5H3,(H,24,27,30,31). The third-order valence-electron chi connectivity index (χ3n) is 4.47. The Morgan fingerprint density at radius 2 is 1.91 bits per heavy atom. The molecule has 0 saturated carbocycles. The van der Waals surface area contributed by atoms with Crippen LogP contribution in [0.5, 0.6) is 5.88 Å². The average Bonchev–Trinajstić information content (AvgIpc) is 3.06. The number of carbonyl (C=O) groups is 1. The second-order valence-electron chi connectivity index (χ2n) is 8.04. The highest BCUT2D eigenvalue weighted by Crippen LogP contribution is 2.34. The monoisotopic (exact) mass is 468 g/mol. The number of aryl methyl sites for hydroxylation is 1. The summed E-state index contributed by atoms with van der Waals surface area (Å²) in [4.78, 5) is 16.5. The first-order valence-corrected chi connectivity index (χ1v) is 11.4. The summed E-state index contributed by atoms with van der Waals surface area (Å²) in [5, 5.41) is 24.1. The van der Waals surface area contributed by atoms with E-state index >= 15 is 0 Å². The number of rotatable bonds is 4. The van der Waals surface area contributed by atoms with Crippen LogP contribution in [0.4, 0.5) is 4.79 Å². The number of nitrogens with zero attached hydrogens (tertiary/aromatic N) is 5. The molecule has 3 aromatic rings. The van der Waals surface area contributed by atoms with Crippen LogP contribution in [0.25, 0.3) is 16.9 Å². The Kier molecular flexibility index (Phi) is 6.53. The fourth-order valence-corrected chi connectivity index (χ4v) is 4.12. The second-order valence-corrected chi connectivity index (χ2v) is 10.2. The first-order valence-electron chi connectivity index (χ1n) is 9.91. The van der Waals surface area contributed by atoms with Crippen molar-refractivity contribution < 1.29 is 18.8 Å². The van der Waals surface area contributed by atoms with Gasteiger partial charge in [0.25, 0.3) is 0 Å². The SMILES string of the molecule is CNS(=O)(=NC(=O)OC(C)(C)C)c1ccc(-n2nc(C)c(-c3ccc(C#N)cc3)c2O)nc1. The van der Waals surface area contributed by atoms with E-state index in [1.165, 1.54) is 30.1 Å². The number of nitriles is 1. The number of hydrogen-bond donors (Lipinski definition) is 2. The van der Waals surface area contributed by atoms with Crippen LogP contribution in [0.1, 0.15) is 32.0 Å². The molecule has 0 radical (unpaired) electrons. The van der Waals surface area contributed by atoms with Gasteiger partial charge in [0.15, 0.2) is 5.82 Å². The largest absolute Gasteiger partial charge is 0.493 e. The van der Waals surface area contributed by atoms with Crippen molar-refractivity contribution in [3.05, 3.63) is 53.9 Å². The maximum Gasteiger partial charge on any atom is 0.443 e. The van der Waals surface area contributed by atoms with Crippen LogP contribution in [-0.4, -0.2) is 42.8 Å². The van der Waals surface area contributed by atoms with Gasteiger partial charge in [-0.2, -0.15) is 15.0 Å². The van der Waals surface area contributed by atoms with Crippen LogP contribution in [0.3, 0.4) is 0 Å². The molecular formula is C22H24N6O4S. The van der Waals surface area contributed by atoms with Crippen LogP contribution in [0.15, 0.2) is 51.9 Å². The molecule has 2 N–H and O–H groups in total. The smallest absolute Gasteiger partial charge is 0.443 e. The minimum absolute atomic E-state index is 0.134. The fraction of sp³-hybridized carbons (Fsp3) is 0.273. The summed E-state index contributed by atoms with van der Waals surface area (Å²) in [7, 11) is -1.91. The van der Waals surface area contributed by atoms with Crippen LogP contribution in [0, 0.1) is 18.3 Å². The number of ether oxygens (including phenoxy) is 1. The van der Waals surface area contributed by atoms with Crippen molar-refractivity contribution in [2.75, 3.05) is 7.05 Å². The van der Waals surface area contributed by atoms with Crippen molar-refractivity contribution in [2.45, 2.75) is 38.2 Å². The normalized spacial score (nSPS) is 13.1. The third-order valence-corrected chi connectivity index (χ3v) is 6.31. The average molecular weight is 469 g/mol. The lowest BCUT2D eigenvalue weighted by atomic mass is 10.0. The van der Waals surface area contributed by atoms with E-state index in [4.69, 9.17) is 10.00 Å². The number of benzene rings is 1. The maximum atomic E-state index is 13.1. The van der Waals surface area contributed by atoms with E-state index < -0.39 is 21.6 Å². The van der Waals surface area contributed by atoms with E-state index in [1.807, 2.05) is 0 Å². The van der Waals surface area contributed by atoms with Gasteiger partial charge in [-0.05, 0) is 64.6 Å². The number of nitrogens with one attached hydrogen (secondary N) is 1. The van der Waals surface area contributed by atoms with Crippen LogP contribution >= 0.6 is 0 Å². The lowest BCUT2D eigenvalue weighted by Crippen LogP contribution is -2.25. The molecule has 0 aliphatic rings. The molecule has 0 aliphatic carbocycles. The van der Waals surface area contributed by atoms with Crippen molar-refractivity contribution in [3.63, 3.8) is 0 Å². The summed E-state index contributed by atoms with van der Waals surface area (Å²) in [5.41, 5.74) is 1.48. The summed E-state index contributed by atoms with van der Waals surface area (Å²) >= 11 is 0. The minimum Gasteiger partial charge on any atom is -0.493 e. The fourth-order valence-electron chi connectivity index (χ4n) is 2.99. The van der Waals surface area contributed by atoms with Crippen LogP contribution in [0.2, 0.25) is 0 Å². The molecule has 11 heteroatoms. The highest BCUT2D eigenvalue weighted by Gasteiger charge is 2.21. The molecule has 0 bridgehead atoms. The molecule has 172 valence electrons. The van der Waals surface area contributed by atoms with E-state index in [-0.39, 0.29) is 16.6 Å². The highest BCUT2D eigenvalue weighted by molar-refractivity contribution is 7.92. The molecule has 2 heterocycles. The minimum atomic E-state index is -3.32. The molecule has 1 aromatic carbocycles. The van der Waals surface area contributed by atoms with E-state index in [0.717, 1.165) is 0 Å². The molecule has 3 rings (SSSR count). The van der Waals surface area contributed by atoms with Crippen molar-refractivity contribution in [3.8, 4) is 28.9 Å². The summed E-state index contributed by atoms with van der Waals surface area (Å²) in [6.45, 7) is 6.79.